The Morgan fingerprint density at radius 1 is 1.21 bits per heavy atom. The van der Waals surface area contributed by atoms with Crippen molar-refractivity contribution in [3.8, 4) is 0 Å². The van der Waals surface area contributed by atoms with E-state index in [-0.39, 0.29) is 36.9 Å². The lowest BCUT2D eigenvalue weighted by Crippen LogP contribution is -2.52. The maximum Gasteiger partial charge on any atom is 0.318 e. The molecule has 2 aromatic carbocycles. The molecular weight excluding hydrogens is 361 g/mol. The number of halogens is 1. The Balaban J connectivity index is 1.50. The topological polar surface area (TPSA) is 81.7 Å². The molecule has 0 saturated carbocycles. The molecule has 1 aliphatic heterocycles. The highest BCUT2D eigenvalue weighted by Gasteiger charge is 2.27. The third-order valence-corrected chi connectivity index (χ3v) is 4.79. The summed E-state index contributed by atoms with van der Waals surface area (Å²) in [6.07, 6.45) is 1.09. The average Bonchev–Trinajstić information content (AvgIpc) is 2.71. The number of benzene rings is 2. The normalized spacial score (nSPS) is 17.7. The lowest BCUT2D eigenvalue weighted by atomic mass is 10.0. The monoisotopic (exact) mass is 385 g/mol. The lowest BCUT2D eigenvalue weighted by Gasteiger charge is -2.33. The van der Waals surface area contributed by atoms with Gasteiger partial charge in [-0.25, -0.2) is 9.18 Å². The highest BCUT2D eigenvalue weighted by atomic mass is 19.1. The minimum absolute atomic E-state index is 0.0586. The van der Waals surface area contributed by atoms with Crippen LogP contribution in [0.2, 0.25) is 0 Å². The van der Waals surface area contributed by atoms with Gasteiger partial charge in [-0.1, -0.05) is 42.5 Å². The van der Waals surface area contributed by atoms with E-state index < -0.39 is 6.04 Å². The van der Waals surface area contributed by atoms with Crippen LogP contribution in [0.3, 0.4) is 0 Å². The van der Waals surface area contributed by atoms with Gasteiger partial charge >= 0.3 is 6.03 Å². The summed E-state index contributed by atoms with van der Waals surface area (Å²) in [6.45, 7) is 0.152. The molecule has 1 saturated heterocycles. The number of hydrogen-bond acceptors (Lipinski definition) is 3. The van der Waals surface area contributed by atoms with Gasteiger partial charge in [-0.2, -0.15) is 0 Å². The second-order valence-electron chi connectivity index (χ2n) is 6.90. The number of rotatable bonds is 7. The number of aliphatic hydroxyl groups excluding tert-OH is 1. The van der Waals surface area contributed by atoms with E-state index in [9.17, 15) is 19.1 Å². The first kappa shape index (κ1) is 19.8. The average molecular weight is 385 g/mol. The van der Waals surface area contributed by atoms with Crippen LogP contribution in [0.25, 0.3) is 0 Å². The van der Waals surface area contributed by atoms with Gasteiger partial charge < -0.3 is 20.6 Å². The van der Waals surface area contributed by atoms with E-state index >= 15 is 0 Å². The number of carbonyl (C=O) groups excluding carboxylic acids is 2. The van der Waals surface area contributed by atoms with Crippen LogP contribution >= 0.6 is 0 Å². The molecule has 2 atom stereocenters. The van der Waals surface area contributed by atoms with Crippen molar-refractivity contribution >= 4 is 11.9 Å². The fourth-order valence-electron chi connectivity index (χ4n) is 3.30. The first-order valence-corrected chi connectivity index (χ1v) is 9.30. The van der Waals surface area contributed by atoms with Gasteiger partial charge in [0.25, 0.3) is 0 Å². The molecule has 1 fully saturated rings. The number of carbonyl (C=O) groups is 2. The minimum Gasteiger partial charge on any atom is -0.394 e. The van der Waals surface area contributed by atoms with Crippen molar-refractivity contribution in [3.63, 3.8) is 0 Å². The summed E-state index contributed by atoms with van der Waals surface area (Å²) in [5.41, 5.74) is 1.85. The van der Waals surface area contributed by atoms with Gasteiger partial charge in [-0.3, -0.25) is 4.79 Å². The smallest absolute Gasteiger partial charge is 0.318 e. The van der Waals surface area contributed by atoms with Crippen LogP contribution in [0.1, 0.15) is 23.6 Å². The van der Waals surface area contributed by atoms with Gasteiger partial charge in [0.05, 0.1) is 18.7 Å². The van der Waals surface area contributed by atoms with Gasteiger partial charge in [-0.15, -0.1) is 0 Å². The fraction of sp³-hybridized carbons (Fsp3) is 0.333. The molecule has 0 radical (unpaired) electrons. The van der Waals surface area contributed by atoms with Crippen LogP contribution in [0, 0.1) is 5.82 Å². The molecular formula is C21H24FN3O3. The molecule has 148 valence electrons. The van der Waals surface area contributed by atoms with E-state index in [0.717, 1.165) is 11.1 Å². The highest BCUT2D eigenvalue weighted by molar-refractivity contribution is 5.84. The van der Waals surface area contributed by atoms with Crippen LogP contribution in [0.15, 0.2) is 54.6 Å². The Morgan fingerprint density at radius 2 is 1.93 bits per heavy atom. The molecule has 3 rings (SSSR count). The predicted molar refractivity (Wildman–Crippen MR) is 103 cm³/mol. The molecule has 3 amide bonds. The van der Waals surface area contributed by atoms with Crippen LogP contribution in [0.5, 0.6) is 0 Å². The standard InChI is InChI=1S/C21H24FN3O3/c22-17-8-6-15(7-9-17)12-18(14-26)23-20(27)13-25-11-10-19(24-21(25)28)16-4-2-1-3-5-16/h1-9,18-19,26H,10-14H2,(H,23,27)(H,24,28). The van der Waals surface area contributed by atoms with Crippen LogP contribution < -0.4 is 10.6 Å². The molecule has 28 heavy (non-hydrogen) atoms. The Hall–Kier alpha value is -2.93. The number of aliphatic hydroxyl groups is 1. The molecule has 0 aliphatic carbocycles. The SMILES string of the molecule is O=C(CN1CCC(c2ccccc2)NC1=O)NC(CO)Cc1ccc(F)cc1. The van der Waals surface area contributed by atoms with Crippen molar-refractivity contribution in [2.75, 3.05) is 19.7 Å². The van der Waals surface area contributed by atoms with Crippen LogP contribution in [0.4, 0.5) is 9.18 Å². The summed E-state index contributed by atoms with van der Waals surface area (Å²) in [7, 11) is 0. The Morgan fingerprint density at radius 3 is 2.57 bits per heavy atom. The zero-order valence-corrected chi connectivity index (χ0v) is 15.5. The van der Waals surface area contributed by atoms with Gasteiger partial charge in [0.2, 0.25) is 5.91 Å². The number of amides is 3. The van der Waals surface area contributed by atoms with Crippen molar-refractivity contribution in [2.24, 2.45) is 0 Å². The predicted octanol–water partition coefficient (Wildman–Crippen LogP) is 2.00. The fourth-order valence-corrected chi connectivity index (χ4v) is 3.30. The number of hydrogen-bond donors (Lipinski definition) is 3. The van der Waals surface area contributed by atoms with Crippen molar-refractivity contribution in [3.05, 3.63) is 71.5 Å². The van der Waals surface area contributed by atoms with Crippen LogP contribution in [-0.2, 0) is 11.2 Å². The summed E-state index contributed by atoms with van der Waals surface area (Å²) in [4.78, 5) is 26.1. The summed E-state index contributed by atoms with van der Waals surface area (Å²) in [5, 5.41) is 15.2. The van der Waals surface area contributed by atoms with Crippen LogP contribution in [-0.4, -0.2) is 47.7 Å². The lowest BCUT2D eigenvalue weighted by molar-refractivity contribution is -0.122. The van der Waals surface area contributed by atoms with E-state index in [1.54, 1.807) is 12.1 Å². The molecule has 2 unspecified atom stereocenters. The number of nitrogens with one attached hydrogen (secondary N) is 2. The van der Waals surface area contributed by atoms with E-state index in [1.807, 2.05) is 30.3 Å². The van der Waals surface area contributed by atoms with E-state index in [1.165, 1.54) is 17.0 Å². The van der Waals surface area contributed by atoms with Crippen molar-refractivity contribution in [1.82, 2.24) is 15.5 Å². The summed E-state index contributed by atoms with van der Waals surface area (Å²) in [5.74, 6) is -0.673. The third-order valence-electron chi connectivity index (χ3n) is 4.79. The first-order chi connectivity index (χ1) is 13.5. The van der Waals surface area contributed by atoms with Gasteiger partial charge in [-0.05, 0) is 36.1 Å². The zero-order valence-electron chi connectivity index (χ0n) is 15.5. The minimum atomic E-state index is -0.497. The molecule has 0 aromatic heterocycles. The Labute approximate surface area is 163 Å². The Kier molecular flexibility index (Phi) is 6.60. The second-order valence-corrected chi connectivity index (χ2v) is 6.90. The molecule has 3 N–H and O–H groups in total. The van der Waals surface area contributed by atoms with Gasteiger partial charge in [0, 0.05) is 6.54 Å². The number of urea groups is 1. The van der Waals surface area contributed by atoms with Crippen molar-refractivity contribution < 1.29 is 19.1 Å². The maximum atomic E-state index is 13.0. The van der Waals surface area contributed by atoms with Gasteiger partial charge in [0.1, 0.15) is 12.4 Å². The number of nitrogens with zero attached hydrogens (tertiary/aromatic N) is 1. The van der Waals surface area contributed by atoms with Crippen molar-refractivity contribution in [2.45, 2.75) is 24.9 Å². The Bertz CT molecular complexity index is 798. The molecule has 0 bridgehead atoms. The molecule has 0 spiro atoms. The van der Waals surface area contributed by atoms with Crippen molar-refractivity contribution in [1.29, 1.82) is 0 Å². The summed E-state index contributed by atoms with van der Waals surface area (Å²) in [6, 6.07) is 14.8. The van der Waals surface area contributed by atoms with E-state index in [0.29, 0.717) is 19.4 Å². The first-order valence-electron chi connectivity index (χ1n) is 9.30. The quantitative estimate of drug-likeness (QED) is 0.682. The zero-order chi connectivity index (χ0) is 19.9. The van der Waals surface area contributed by atoms with E-state index in [4.69, 9.17) is 0 Å². The maximum absolute atomic E-state index is 13.0. The molecule has 7 heteroatoms. The summed E-state index contributed by atoms with van der Waals surface area (Å²) >= 11 is 0. The second kappa shape index (κ2) is 9.32. The van der Waals surface area contributed by atoms with Gasteiger partial charge in [0.15, 0.2) is 0 Å². The molecule has 2 aromatic rings. The molecule has 1 aliphatic rings. The highest BCUT2D eigenvalue weighted by Crippen LogP contribution is 2.20. The largest absolute Gasteiger partial charge is 0.394 e. The molecule has 1 heterocycles. The third kappa shape index (κ3) is 5.29. The molecule has 6 nitrogen and oxygen atoms in total. The summed E-state index contributed by atoms with van der Waals surface area (Å²) < 4.78 is 13.0. The van der Waals surface area contributed by atoms with E-state index in [2.05, 4.69) is 10.6 Å².